The van der Waals surface area contributed by atoms with Crippen LogP contribution in [0.2, 0.25) is 0 Å². The van der Waals surface area contributed by atoms with E-state index in [9.17, 15) is 9.59 Å². The summed E-state index contributed by atoms with van der Waals surface area (Å²) in [7, 11) is 0. The molecule has 0 heterocycles. The Labute approximate surface area is 197 Å². The summed E-state index contributed by atoms with van der Waals surface area (Å²) < 4.78 is 0. The van der Waals surface area contributed by atoms with Gasteiger partial charge in [0.25, 0.3) is 0 Å². The summed E-state index contributed by atoms with van der Waals surface area (Å²) >= 11 is 1.53. The van der Waals surface area contributed by atoms with Crippen molar-refractivity contribution in [2.24, 2.45) is 0 Å². The molecular formula is C27H36N2O2S. The van der Waals surface area contributed by atoms with Crippen LogP contribution in [0.4, 0.5) is 0 Å². The largest absolute Gasteiger partial charge is 0.352 e. The second kappa shape index (κ2) is 12.1. The van der Waals surface area contributed by atoms with Crippen molar-refractivity contribution in [1.29, 1.82) is 0 Å². The molecule has 1 N–H and O–H groups in total. The van der Waals surface area contributed by atoms with Crippen LogP contribution in [0.15, 0.2) is 53.4 Å². The van der Waals surface area contributed by atoms with Gasteiger partial charge in [0.2, 0.25) is 11.8 Å². The van der Waals surface area contributed by atoms with Crippen LogP contribution in [0.5, 0.6) is 0 Å². The van der Waals surface area contributed by atoms with Gasteiger partial charge in [0.05, 0.1) is 5.75 Å². The van der Waals surface area contributed by atoms with E-state index in [1.807, 2.05) is 31.2 Å². The fourth-order valence-electron chi connectivity index (χ4n) is 4.30. The number of thioether (sulfide) groups is 1. The lowest BCUT2D eigenvalue weighted by Gasteiger charge is -2.33. The van der Waals surface area contributed by atoms with Gasteiger partial charge >= 0.3 is 0 Å². The number of nitrogens with zero attached hydrogens (tertiary/aromatic N) is 1. The number of nitrogens with one attached hydrogen (secondary N) is 1. The van der Waals surface area contributed by atoms with Gasteiger partial charge in [-0.25, -0.2) is 0 Å². The van der Waals surface area contributed by atoms with Crippen LogP contribution in [-0.4, -0.2) is 34.6 Å². The number of hydrogen-bond donors (Lipinski definition) is 1. The number of aryl methyl sites for hydroxylation is 2. The summed E-state index contributed by atoms with van der Waals surface area (Å²) in [6, 6.07) is 16.1. The first-order chi connectivity index (χ1) is 15.5. The van der Waals surface area contributed by atoms with E-state index in [-0.39, 0.29) is 17.9 Å². The third-order valence-corrected chi connectivity index (χ3v) is 7.32. The maximum atomic E-state index is 13.4. The number of carbonyl (C=O) groups is 2. The van der Waals surface area contributed by atoms with E-state index in [2.05, 4.69) is 43.4 Å². The molecule has 1 fully saturated rings. The first-order valence-electron chi connectivity index (χ1n) is 11.8. The van der Waals surface area contributed by atoms with Gasteiger partial charge in [0.15, 0.2) is 0 Å². The van der Waals surface area contributed by atoms with Gasteiger partial charge in [0.1, 0.15) is 6.04 Å². The molecule has 2 aromatic rings. The molecule has 1 aliphatic rings. The Balaban J connectivity index is 1.75. The first-order valence-corrected chi connectivity index (χ1v) is 12.8. The van der Waals surface area contributed by atoms with Gasteiger partial charge in [-0.2, -0.15) is 0 Å². The highest BCUT2D eigenvalue weighted by molar-refractivity contribution is 8.00. The Morgan fingerprint density at radius 2 is 1.72 bits per heavy atom. The third kappa shape index (κ3) is 6.86. The highest BCUT2D eigenvalue weighted by Gasteiger charge is 2.30. The molecule has 5 heteroatoms. The molecule has 3 rings (SSSR count). The van der Waals surface area contributed by atoms with Crippen molar-refractivity contribution in [3.63, 3.8) is 0 Å². The zero-order chi connectivity index (χ0) is 22.9. The molecule has 0 aliphatic heterocycles. The van der Waals surface area contributed by atoms with E-state index in [1.54, 1.807) is 4.90 Å². The van der Waals surface area contributed by atoms with E-state index in [1.165, 1.54) is 36.6 Å². The summed E-state index contributed by atoms with van der Waals surface area (Å²) in [4.78, 5) is 29.5. The molecule has 2 amide bonds. The summed E-state index contributed by atoms with van der Waals surface area (Å²) in [5.74, 6) is 0.313. The lowest BCUT2D eigenvalue weighted by atomic mass is 9.95. The molecule has 1 unspecified atom stereocenters. The van der Waals surface area contributed by atoms with Crippen molar-refractivity contribution in [1.82, 2.24) is 10.2 Å². The molecule has 1 saturated carbocycles. The lowest BCUT2D eigenvalue weighted by Crippen LogP contribution is -2.52. The SMILES string of the molecule is CCC(C(=O)NC1CCCCC1)N(Cc1ccccc1C)C(=O)CSc1ccc(C)cc1. The summed E-state index contributed by atoms with van der Waals surface area (Å²) in [5.41, 5.74) is 3.43. The van der Waals surface area contributed by atoms with Crippen molar-refractivity contribution in [2.75, 3.05) is 5.75 Å². The highest BCUT2D eigenvalue weighted by Crippen LogP contribution is 2.23. The van der Waals surface area contributed by atoms with E-state index >= 15 is 0 Å². The van der Waals surface area contributed by atoms with E-state index < -0.39 is 6.04 Å². The Kier molecular flexibility index (Phi) is 9.22. The number of benzene rings is 2. The highest BCUT2D eigenvalue weighted by atomic mass is 32.2. The fourth-order valence-corrected chi connectivity index (χ4v) is 5.08. The number of carbonyl (C=O) groups excluding carboxylic acids is 2. The van der Waals surface area contributed by atoms with Crippen molar-refractivity contribution < 1.29 is 9.59 Å². The second-order valence-electron chi connectivity index (χ2n) is 8.82. The average Bonchev–Trinajstić information content (AvgIpc) is 2.80. The molecule has 0 aromatic heterocycles. The van der Waals surface area contributed by atoms with Gasteiger partial charge < -0.3 is 10.2 Å². The minimum atomic E-state index is -0.456. The molecule has 172 valence electrons. The normalized spacial score (nSPS) is 15.2. The molecule has 0 bridgehead atoms. The van der Waals surface area contributed by atoms with E-state index in [0.717, 1.165) is 28.9 Å². The topological polar surface area (TPSA) is 49.4 Å². The maximum Gasteiger partial charge on any atom is 0.243 e. The average molecular weight is 453 g/mol. The van der Waals surface area contributed by atoms with Crippen LogP contribution in [0.25, 0.3) is 0 Å². The standard InChI is InChI=1S/C27H36N2O2S/c1-4-25(27(31)28-23-12-6-5-7-13-23)29(18-22-11-9-8-10-21(22)3)26(30)19-32-24-16-14-20(2)15-17-24/h8-11,14-17,23,25H,4-7,12-13,18-19H2,1-3H3,(H,28,31). The summed E-state index contributed by atoms with van der Waals surface area (Å²) in [6.07, 6.45) is 6.26. The zero-order valence-corrected chi connectivity index (χ0v) is 20.4. The lowest BCUT2D eigenvalue weighted by molar-refractivity contribution is -0.139. The summed E-state index contributed by atoms with van der Waals surface area (Å²) in [6.45, 7) is 6.56. The number of amides is 2. The van der Waals surface area contributed by atoms with Crippen molar-refractivity contribution in [3.05, 3.63) is 65.2 Å². The van der Waals surface area contributed by atoms with Crippen LogP contribution in [0.3, 0.4) is 0 Å². The Morgan fingerprint density at radius 1 is 1.03 bits per heavy atom. The predicted molar refractivity (Wildman–Crippen MR) is 133 cm³/mol. The van der Waals surface area contributed by atoms with E-state index in [0.29, 0.717) is 18.7 Å². The molecular weight excluding hydrogens is 416 g/mol. The van der Waals surface area contributed by atoms with Crippen molar-refractivity contribution in [2.45, 2.75) is 82.8 Å². The zero-order valence-electron chi connectivity index (χ0n) is 19.6. The van der Waals surface area contributed by atoms with Gasteiger partial charge in [-0.3, -0.25) is 9.59 Å². The first kappa shape index (κ1) is 24.4. The molecule has 4 nitrogen and oxygen atoms in total. The van der Waals surface area contributed by atoms with E-state index in [4.69, 9.17) is 0 Å². The van der Waals surface area contributed by atoms with Gasteiger partial charge in [-0.15, -0.1) is 11.8 Å². The van der Waals surface area contributed by atoms with Crippen LogP contribution < -0.4 is 5.32 Å². The molecule has 0 radical (unpaired) electrons. The molecule has 1 aliphatic carbocycles. The van der Waals surface area contributed by atoms with Crippen LogP contribution in [0, 0.1) is 13.8 Å². The minimum Gasteiger partial charge on any atom is -0.352 e. The quantitative estimate of drug-likeness (QED) is 0.500. The smallest absolute Gasteiger partial charge is 0.243 e. The second-order valence-corrected chi connectivity index (χ2v) is 9.87. The van der Waals surface area contributed by atoms with Crippen LogP contribution in [-0.2, 0) is 16.1 Å². The number of hydrogen-bond acceptors (Lipinski definition) is 3. The van der Waals surface area contributed by atoms with Crippen LogP contribution in [0.1, 0.15) is 62.1 Å². The van der Waals surface area contributed by atoms with Gasteiger partial charge in [-0.1, -0.05) is 68.1 Å². The molecule has 1 atom stereocenters. The van der Waals surface area contributed by atoms with Gasteiger partial charge in [0, 0.05) is 17.5 Å². The van der Waals surface area contributed by atoms with Crippen molar-refractivity contribution in [3.8, 4) is 0 Å². The minimum absolute atomic E-state index is 0.00414. The predicted octanol–water partition coefficient (Wildman–Crippen LogP) is 5.65. The Bertz CT molecular complexity index is 891. The Morgan fingerprint density at radius 3 is 2.38 bits per heavy atom. The fraction of sp³-hybridized carbons (Fsp3) is 0.481. The van der Waals surface area contributed by atoms with Crippen molar-refractivity contribution >= 4 is 23.6 Å². The Hall–Kier alpha value is -2.27. The van der Waals surface area contributed by atoms with Gasteiger partial charge in [-0.05, 0) is 56.4 Å². The molecule has 0 spiro atoms. The monoisotopic (exact) mass is 452 g/mol. The maximum absolute atomic E-state index is 13.4. The molecule has 0 saturated heterocycles. The van der Waals surface area contributed by atoms with Crippen LogP contribution >= 0.6 is 11.8 Å². The number of rotatable bonds is 9. The summed E-state index contributed by atoms with van der Waals surface area (Å²) in [5, 5.41) is 3.25. The third-order valence-electron chi connectivity index (χ3n) is 6.32. The molecule has 32 heavy (non-hydrogen) atoms. The molecule has 2 aromatic carbocycles.